The molecule has 0 unspecified atom stereocenters. The van der Waals surface area contributed by atoms with Gasteiger partial charge in [-0.1, -0.05) is 50.1 Å². The minimum Gasteiger partial charge on any atom is -0.512 e. The Kier molecular flexibility index (Phi) is 10.1. The molecule has 1 radical (unpaired) electrons. The van der Waals surface area contributed by atoms with Crippen LogP contribution in [0.15, 0.2) is 60.6 Å². The molecule has 0 saturated heterocycles. The average molecular weight is 608 g/mol. The van der Waals surface area contributed by atoms with Gasteiger partial charge < -0.3 is 5.11 Å². The van der Waals surface area contributed by atoms with Crippen molar-refractivity contribution in [1.29, 1.82) is 0 Å². The molecule has 0 aliphatic rings. The number of aliphatic hydroxyl groups is 1. The molecule has 1 N–H and O–H groups in total. The second-order valence-electron chi connectivity index (χ2n) is 8.81. The number of carbonyl (C=O) groups excluding carboxylic acids is 1. The number of aromatic nitrogens is 2. The van der Waals surface area contributed by atoms with Crippen LogP contribution in [0.25, 0.3) is 22.5 Å². The van der Waals surface area contributed by atoms with E-state index < -0.39 is 0 Å². The first-order valence-corrected chi connectivity index (χ1v) is 10.3. The maximum atomic E-state index is 10.0. The van der Waals surface area contributed by atoms with Gasteiger partial charge in [0.1, 0.15) is 0 Å². The number of aliphatic hydroxyl groups excluding tert-OH is 1. The van der Waals surface area contributed by atoms with Crippen molar-refractivity contribution in [3.8, 4) is 22.5 Å². The molecule has 1 heterocycles. The minimum absolute atomic E-state index is 0. The second-order valence-corrected chi connectivity index (χ2v) is 8.81. The van der Waals surface area contributed by atoms with E-state index in [1.807, 2.05) is 18.5 Å². The molecule has 0 atom stereocenters. The van der Waals surface area contributed by atoms with E-state index in [1.54, 1.807) is 0 Å². The molecule has 0 fully saturated rings. The van der Waals surface area contributed by atoms with Crippen LogP contribution in [0.5, 0.6) is 0 Å². The van der Waals surface area contributed by atoms with Gasteiger partial charge in [0.05, 0.1) is 11.6 Å². The van der Waals surface area contributed by atoms with Gasteiger partial charge >= 0.3 is 0 Å². The number of benzene rings is 2. The molecule has 0 amide bonds. The number of aryl methyl sites for hydroxylation is 2. The van der Waals surface area contributed by atoms with Crippen molar-refractivity contribution in [2.75, 3.05) is 0 Å². The number of nitrogens with zero attached hydrogens (tertiary/aromatic N) is 2. The minimum atomic E-state index is -0.125. The van der Waals surface area contributed by atoms with Crippen LogP contribution in [0.3, 0.4) is 0 Å². The van der Waals surface area contributed by atoms with Gasteiger partial charge in [0.15, 0.2) is 5.78 Å². The van der Waals surface area contributed by atoms with E-state index >= 15 is 0 Å². The summed E-state index contributed by atoms with van der Waals surface area (Å²) in [5, 5.41) is 8.36. The predicted molar refractivity (Wildman–Crippen MR) is 127 cm³/mol. The molecule has 3 rings (SSSR count). The Morgan fingerprint density at radius 1 is 0.969 bits per heavy atom. The third-order valence-electron chi connectivity index (χ3n) is 4.53. The van der Waals surface area contributed by atoms with Crippen molar-refractivity contribution in [3.63, 3.8) is 0 Å². The van der Waals surface area contributed by atoms with E-state index in [-0.39, 0.29) is 37.1 Å². The number of allylic oxidation sites excluding steroid dienone is 2. The maximum Gasteiger partial charge on any atom is 0.155 e. The van der Waals surface area contributed by atoms with Crippen LogP contribution in [0, 0.1) is 19.9 Å². The van der Waals surface area contributed by atoms with Gasteiger partial charge in [0.2, 0.25) is 0 Å². The van der Waals surface area contributed by atoms with Gasteiger partial charge in [-0.2, -0.15) is 0 Å². The zero-order valence-corrected chi connectivity index (χ0v) is 22.2. The fourth-order valence-electron chi connectivity index (χ4n) is 3.07. The van der Waals surface area contributed by atoms with Crippen LogP contribution in [0.1, 0.15) is 51.3 Å². The molecule has 2 aromatic carbocycles. The summed E-state index contributed by atoms with van der Waals surface area (Å²) in [5.41, 5.74) is 7.04. The van der Waals surface area contributed by atoms with Crippen LogP contribution in [-0.4, -0.2) is 20.9 Å². The molecule has 0 spiro atoms. The monoisotopic (exact) mass is 608 g/mol. The zero-order chi connectivity index (χ0) is 23.2. The molecular weight excluding hydrogens is 577 g/mol. The second kappa shape index (κ2) is 11.8. The molecule has 1 aromatic heterocycles. The van der Waals surface area contributed by atoms with E-state index in [9.17, 15) is 4.79 Å². The van der Waals surface area contributed by atoms with Crippen LogP contribution in [-0.2, 0) is 30.3 Å². The molecule has 0 aliphatic carbocycles. The van der Waals surface area contributed by atoms with Crippen molar-refractivity contribution in [2.24, 2.45) is 0 Å². The van der Waals surface area contributed by atoms with Gasteiger partial charge in [0.25, 0.3) is 0 Å². The van der Waals surface area contributed by atoms with E-state index in [0.29, 0.717) is 5.82 Å². The van der Waals surface area contributed by atoms with Crippen molar-refractivity contribution < 1.29 is 30.0 Å². The molecule has 5 heteroatoms. The quantitative estimate of drug-likeness (QED) is 0.208. The Bertz CT molecular complexity index is 1060. The fraction of sp³-hybridized carbons (Fsp3) is 0.296. The first-order valence-electron chi connectivity index (χ1n) is 10.3. The van der Waals surface area contributed by atoms with Gasteiger partial charge in [-0.15, -0.1) is 35.4 Å². The summed E-state index contributed by atoms with van der Waals surface area (Å²) in [6, 6.07) is 16.0. The van der Waals surface area contributed by atoms with Gasteiger partial charge in [-0.3, -0.25) is 14.8 Å². The van der Waals surface area contributed by atoms with Gasteiger partial charge in [0, 0.05) is 38.6 Å². The molecule has 0 saturated carbocycles. The molecule has 3 aromatic rings. The van der Waals surface area contributed by atoms with Crippen molar-refractivity contribution in [1.82, 2.24) is 9.97 Å². The fourth-order valence-corrected chi connectivity index (χ4v) is 3.07. The van der Waals surface area contributed by atoms with E-state index in [1.165, 1.54) is 42.2 Å². The van der Waals surface area contributed by atoms with Crippen LogP contribution in [0.4, 0.5) is 0 Å². The van der Waals surface area contributed by atoms with Gasteiger partial charge in [-0.05, 0) is 44.2 Å². The number of hydrogen-bond donors (Lipinski definition) is 1. The van der Waals surface area contributed by atoms with Crippen molar-refractivity contribution in [3.05, 3.63) is 83.4 Å². The predicted octanol–water partition coefficient (Wildman–Crippen LogP) is 6.56. The number of hydrogen-bond acceptors (Lipinski definition) is 4. The Morgan fingerprint density at radius 2 is 1.53 bits per heavy atom. The summed E-state index contributed by atoms with van der Waals surface area (Å²) in [4.78, 5) is 19.1. The third-order valence-corrected chi connectivity index (χ3v) is 4.53. The largest absolute Gasteiger partial charge is 0.512 e. The van der Waals surface area contributed by atoms with Crippen molar-refractivity contribution >= 4 is 5.78 Å². The molecule has 32 heavy (non-hydrogen) atoms. The normalized spacial score (nSPS) is 11.2. The smallest absolute Gasteiger partial charge is 0.155 e. The van der Waals surface area contributed by atoms with Crippen LogP contribution >= 0.6 is 0 Å². The molecule has 0 aliphatic heterocycles. The maximum absolute atomic E-state index is 10.0. The topological polar surface area (TPSA) is 63.1 Å². The molecule has 0 bridgehead atoms. The van der Waals surface area contributed by atoms with E-state index in [0.717, 1.165) is 11.1 Å². The average Bonchev–Trinajstić information content (AvgIpc) is 2.66. The summed E-state index contributed by atoms with van der Waals surface area (Å²) < 4.78 is 0. The van der Waals surface area contributed by atoms with Crippen molar-refractivity contribution in [2.45, 2.75) is 53.9 Å². The molecule has 171 valence electrons. The Labute approximate surface area is 205 Å². The summed E-state index contributed by atoms with van der Waals surface area (Å²) in [7, 11) is 0. The Balaban J connectivity index is 0.000000558. The summed E-state index contributed by atoms with van der Waals surface area (Å²) in [6.07, 6.45) is 5.00. The third kappa shape index (κ3) is 8.49. The van der Waals surface area contributed by atoms with Crippen LogP contribution < -0.4 is 0 Å². The summed E-state index contributed by atoms with van der Waals surface area (Å²) in [6.45, 7) is 13.6. The van der Waals surface area contributed by atoms with E-state index in [2.05, 4.69) is 81.0 Å². The zero-order valence-electron chi connectivity index (χ0n) is 19.8. The van der Waals surface area contributed by atoms with Crippen LogP contribution in [0.2, 0.25) is 0 Å². The summed E-state index contributed by atoms with van der Waals surface area (Å²) >= 11 is 0. The molecular formula is C27H31IrN2O2-. The first kappa shape index (κ1) is 27.4. The molecule has 4 nitrogen and oxygen atoms in total. The first-order chi connectivity index (χ1) is 14.5. The SMILES string of the molecule is CC(=O)C=C(C)O.Cc1cc(C)cc(-c2cc[c-]c(-c3ncc(C(C)(C)C)cn3)c2)c1.[Ir]. The number of ketones is 1. The summed E-state index contributed by atoms with van der Waals surface area (Å²) in [5.74, 6) is 0.654. The van der Waals surface area contributed by atoms with Gasteiger partial charge in [-0.25, -0.2) is 0 Å². The van der Waals surface area contributed by atoms with E-state index in [4.69, 9.17) is 5.11 Å². The number of carbonyl (C=O) groups is 1. The Morgan fingerprint density at radius 3 is 1.97 bits per heavy atom. The standard InChI is InChI=1S/C22H23N2.C5H8O2.Ir/c1-15-9-16(2)11-19(10-15)17-7-6-8-18(12-17)21-23-13-20(14-24-21)22(3,4)5;1-4(6)3-5(2)7;/h6-7,9-14H,1-5H3;3,6H,1-2H3;/q-1;;. The Hall–Kier alpha value is -2.62. The number of rotatable bonds is 3.